The molecule has 0 heterocycles. The van der Waals surface area contributed by atoms with E-state index in [1.807, 2.05) is 44.4 Å². The van der Waals surface area contributed by atoms with Gasteiger partial charge in [0.1, 0.15) is 6.54 Å². The minimum atomic E-state index is -4.02. The second-order valence-corrected chi connectivity index (χ2v) is 6.37. The highest BCUT2D eigenvalue weighted by molar-refractivity contribution is 7.86. The van der Waals surface area contributed by atoms with Crippen molar-refractivity contribution in [2.45, 2.75) is 25.3 Å². The average molecular weight is 258 g/mol. The van der Waals surface area contributed by atoms with Crippen LogP contribution in [-0.2, 0) is 16.7 Å². The van der Waals surface area contributed by atoms with E-state index in [2.05, 4.69) is 0 Å². The summed E-state index contributed by atoms with van der Waals surface area (Å²) in [7, 11) is -0.392. The number of benzene rings is 1. The molecule has 0 saturated carbocycles. The van der Waals surface area contributed by atoms with Gasteiger partial charge in [0.15, 0.2) is 0 Å². The van der Waals surface area contributed by atoms with E-state index in [0.29, 0.717) is 13.0 Å². The van der Waals surface area contributed by atoms with Gasteiger partial charge in [0, 0.05) is 12.0 Å². The molecule has 1 aromatic carbocycles. The molecule has 0 aliphatic rings. The van der Waals surface area contributed by atoms with E-state index in [1.54, 1.807) is 6.92 Å². The lowest BCUT2D eigenvalue weighted by Gasteiger charge is -2.35. The Morgan fingerprint density at radius 3 is 2.18 bits per heavy atom. The van der Waals surface area contributed by atoms with Gasteiger partial charge in [-0.2, -0.15) is 8.42 Å². The van der Waals surface area contributed by atoms with Crippen molar-refractivity contribution in [1.82, 2.24) is 0 Å². The van der Waals surface area contributed by atoms with Crippen LogP contribution in [0.1, 0.15) is 18.9 Å². The molecule has 1 atom stereocenters. The van der Waals surface area contributed by atoms with Gasteiger partial charge < -0.3 is 4.48 Å². The third-order valence-corrected chi connectivity index (χ3v) is 4.50. The molecule has 0 aliphatic heterocycles. The average Bonchev–Trinajstić information content (AvgIpc) is 2.16. The largest absolute Gasteiger partial charge is 0.319 e. The molecular weight excluding hydrogens is 238 g/mol. The van der Waals surface area contributed by atoms with Gasteiger partial charge in [0.05, 0.1) is 14.1 Å². The van der Waals surface area contributed by atoms with Crippen molar-refractivity contribution < 1.29 is 17.5 Å². The van der Waals surface area contributed by atoms with Crippen LogP contribution in [-0.4, -0.2) is 36.9 Å². The first-order valence-electron chi connectivity index (χ1n) is 5.60. The summed E-state index contributed by atoms with van der Waals surface area (Å²) >= 11 is 0. The SMILES string of the molecule is CCC([N+](C)(C)Cc1ccccc1)S(=O)(=O)O. The van der Waals surface area contributed by atoms with Crippen molar-refractivity contribution in [3.05, 3.63) is 35.9 Å². The molecule has 0 bridgehead atoms. The van der Waals surface area contributed by atoms with Crippen molar-refractivity contribution >= 4 is 10.1 Å². The Hall–Kier alpha value is -0.910. The Balaban J connectivity index is 2.95. The predicted octanol–water partition coefficient (Wildman–Crippen LogP) is 1.89. The van der Waals surface area contributed by atoms with Gasteiger partial charge in [0.2, 0.25) is 5.37 Å². The lowest BCUT2D eigenvalue weighted by molar-refractivity contribution is -0.914. The van der Waals surface area contributed by atoms with Crippen LogP contribution in [0.3, 0.4) is 0 Å². The maximum absolute atomic E-state index is 11.3. The van der Waals surface area contributed by atoms with E-state index in [-0.39, 0.29) is 4.48 Å². The Morgan fingerprint density at radius 2 is 1.76 bits per heavy atom. The highest BCUT2D eigenvalue weighted by Crippen LogP contribution is 2.20. The van der Waals surface area contributed by atoms with E-state index in [1.165, 1.54) is 0 Å². The zero-order valence-corrected chi connectivity index (χ0v) is 11.3. The van der Waals surface area contributed by atoms with Gasteiger partial charge in [-0.1, -0.05) is 37.3 Å². The molecule has 1 rings (SSSR count). The van der Waals surface area contributed by atoms with Crippen LogP contribution < -0.4 is 0 Å². The van der Waals surface area contributed by atoms with Crippen molar-refractivity contribution in [2.24, 2.45) is 0 Å². The third-order valence-electron chi connectivity index (χ3n) is 2.91. The minimum Gasteiger partial charge on any atom is -0.308 e. The van der Waals surface area contributed by atoms with Crippen molar-refractivity contribution in [2.75, 3.05) is 14.1 Å². The Kier molecular flexibility index (Phi) is 4.30. The normalized spacial score (nSPS) is 14.6. The van der Waals surface area contributed by atoms with Crippen LogP contribution in [0.15, 0.2) is 30.3 Å². The van der Waals surface area contributed by atoms with Crippen molar-refractivity contribution in [3.8, 4) is 0 Å². The van der Waals surface area contributed by atoms with Gasteiger partial charge in [-0.15, -0.1) is 0 Å². The van der Waals surface area contributed by atoms with Crippen molar-refractivity contribution in [3.63, 3.8) is 0 Å². The molecule has 1 N–H and O–H groups in total. The summed E-state index contributed by atoms with van der Waals surface area (Å²) in [5, 5.41) is -0.789. The molecule has 96 valence electrons. The second kappa shape index (κ2) is 5.16. The quantitative estimate of drug-likeness (QED) is 0.648. The van der Waals surface area contributed by atoms with E-state index in [4.69, 9.17) is 0 Å². The monoisotopic (exact) mass is 258 g/mol. The molecule has 0 fully saturated rings. The molecule has 4 nitrogen and oxygen atoms in total. The highest BCUT2D eigenvalue weighted by Gasteiger charge is 2.37. The number of quaternary nitrogens is 1. The number of hydrogen-bond acceptors (Lipinski definition) is 2. The lowest BCUT2D eigenvalue weighted by Crippen LogP contribution is -2.51. The first-order valence-corrected chi connectivity index (χ1v) is 7.10. The lowest BCUT2D eigenvalue weighted by atomic mass is 10.2. The van der Waals surface area contributed by atoms with Gasteiger partial charge in [-0.05, 0) is 0 Å². The fourth-order valence-corrected chi connectivity index (χ4v) is 3.44. The first-order chi connectivity index (χ1) is 7.77. The zero-order chi connectivity index (χ0) is 13.1. The zero-order valence-electron chi connectivity index (χ0n) is 10.5. The molecule has 1 aromatic rings. The summed E-state index contributed by atoms with van der Waals surface area (Å²) < 4.78 is 32.1. The van der Waals surface area contributed by atoms with Crippen LogP contribution in [0.2, 0.25) is 0 Å². The smallest absolute Gasteiger partial charge is 0.308 e. The van der Waals surface area contributed by atoms with Gasteiger partial charge in [-0.25, -0.2) is 0 Å². The van der Waals surface area contributed by atoms with Gasteiger partial charge >= 0.3 is 10.1 Å². The maximum Gasteiger partial charge on any atom is 0.319 e. The molecular formula is C12H20NO3S+. The maximum atomic E-state index is 11.3. The number of rotatable bonds is 5. The summed E-state index contributed by atoms with van der Waals surface area (Å²) in [5.41, 5.74) is 1.06. The van der Waals surface area contributed by atoms with Crippen LogP contribution in [0.4, 0.5) is 0 Å². The first kappa shape index (κ1) is 14.2. The fourth-order valence-electron chi connectivity index (χ4n) is 2.22. The Labute approximate surface area is 103 Å². The van der Waals surface area contributed by atoms with Gasteiger partial charge in [0.25, 0.3) is 0 Å². The summed E-state index contributed by atoms with van der Waals surface area (Å²) in [5.74, 6) is 0. The summed E-state index contributed by atoms with van der Waals surface area (Å²) in [4.78, 5) is 0. The van der Waals surface area contributed by atoms with E-state index in [9.17, 15) is 13.0 Å². The highest BCUT2D eigenvalue weighted by atomic mass is 32.2. The summed E-state index contributed by atoms with van der Waals surface area (Å²) in [6.45, 7) is 2.34. The van der Waals surface area contributed by atoms with Crippen LogP contribution >= 0.6 is 0 Å². The van der Waals surface area contributed by atoms with Gasteiger partial charge in [-0.3, -0.25) is 4.55 Å². The van der Waals surface area contributed by atoms with Crippen LogP contribution in [0.5, 0.6) is 0 Å². The standard InChI is InChI=1S/C12H19NO3S/c1-4-12(17(14,15)16)13(2,3)10-11-8-6-5-7-9-11/h5-9,12H,4,10H2,1-3H3/p+1. The molecule has 5 heteroatoms. The predicted molar refractivity (Wildman–Crippen MR) is 67.9 cm³/mol. The second-order valence-electron chi connectivity index (χ2n) is 4.80. The fraction of sp³-hybridized carbons (Fsp3) is 0.500. The molecule has 0 radical (unpaired) electrons. The van der Waals surface area contributed by atoms with Crippen LogP contribution in [0.25, 0.3) is 0 Å². The van der Waals surface area contributed by atoms with Crippen molar-refractivity contribution in [1.29, 1.82) is 0 Å². The third kappa shape index (κ3) is 3.80. The minimum absolute atomic E-state index is 0.222. The molecule has 0 spiro atoms. The molecule has 1 unspecified atom stereocenters. The molecule has 0 amide bonds. The van der Waals surface area contributed by atoms with E-state index in [0.717, 1.165) is 5.56 Å². The Bertz CT molecular complexity index is 454. The van der Waals surface area contributed by atoms with E-state index >= 15 is 0 Å². The number of hydrogen-bond donors (Lipinski definition) is 1. The van der Waals surface area contributed by atoms with Crippen LogP contribution in [0, 0.1) is 0 Å². The topological polar surface area (TPSA) is 54.4 Å². The number of nitrogens with zero attached hydrogens (tertiary/aromatic N) is 1. The van der Waals surface area contributed by atoms with E-state index < -0.39 is 15.5 Å². The summed E-state index contributed by atoms with van der Waals surface area (Å²) in [6, 6.07) is 9.67. The molecule has 0 aromatic heterocycles. The molecule has 0 saturated heterocycles. The molecule has 0 aliphatic carbocycles. The molecule has 17 heavy (non-hydrogen) atoms. The Morgan fingerprint density at radius 1 is 1.24 bits per heavy atom. The summed E-state index contributed by atoms with van der Waals surface area (Å²) in [6.07, 6.45) is 0.388.